The molecule has 2 aliphatic heterocycles. The first kappa shape index (κ1) is 18.5. The first-order chi connectivity index (χ1) is 12.1. The van der Waals surface area contributed by atoms with Crippen LogP contribution in [0.1, 0.15) is 38.5 Å². The number of nitrogens with zero attached hydrogens (tertiary/aromatic N) is 1. The molecule has 0 aliphatic carbocycles. The number of carbonyl (C=O) groups excluding carboxylic acids is 1. The molecule has 0 spiro atoms. The van der Waals surface area contributed by atoms with Crippen molar-refractivity contribution in [3.8, 4) is 0 Å². The summed E-state index contributed by atoms with van der Waals surface area (Å²) in [5, 5.41) is 13.4. The van der Waals surface area contributed by atoms with Gasteiger partial charge in [0.1, 0.15) is 0 Å². The second-order valence-corrected chi connectivity index (χ2v) is 7.66. The number of likely N-dealkylation sites (tertiary alicyclic amines) is 1. The molecule has 2 N–H and O–H groups in total. The highest BCUT2D eigenvalue weighted by Crippen LogP contribution is 2.38. The number of hydrogen-bond acceptors (Lipinski definition) is 3. The molecule has 138 valence electrons. The summed E-state index contributed by atoms with van der Waals surface area (Å²) in [6.45, 7) is 2.28. The van der Waals surface area contributed by atoms with Crippen LogP contribution in [0.4, 0.5) is 10.5 Å². The number of anilines is 1. The van der Waals surface area contributed by atoms with E-state index in [-0.39, 0.29) is 24.2 Å². The van der Waals surface area contributed by atoms with Gasteiger partial charge in [-0.25, -0.2) is 4.79 Å². The lowest BCUT2D eigenvalue weighted by molar-refractivity contribution is -0.0440. The van der Waals surface area contributed by atoms with Gasteiger partial charge in [0.25, 0.3) is 0 Å². The first-order valence-electron chi connectivity index (χ1n) is 9.15. The zero-order chi connectivity index (χ0) is 17.7. The van der Waals surface area contributed by atoms with Crippen molar-refractivity contribution < 1.29 is 14.6 Å². The standard InChI is InChI=1S/C19H27ClN2O3/c20-16-6-1-2-7-17(16)21-18(24)22-10-8-19(14-23,9-11-22)13-15-5-3-4-12-25-15/h1-2,6-7,15,23H,3-5,8-14H2,(H,21,24). The summed E-state index contributed by atoms with van der Waals surface area (Å²) in [5.74, 6) is 0. The zero-order valence-electron chi connectivity index (χ0n) is 14.5. The van der Waals surface area contributed by atoms with Crippen molar-refractivity contribution in [1.82, 2.24) is 4.90 Å². The summed E-state index contributed by atoms with van der Waals surface area (Å²) in [4.78, 5) is 14.3. The van der Waals surface area contributed by atoms with E-state index in [0.717, 1.165) is 38.7 Å². The number of piperidine rings is 1. The number of carbonyl (C=O) groups is 1. The number of aliphatic hydroxyl groups is 1. The van der Waals surface area contributed by atoms with Crippen LogP contribution in [0.15, 0.2) is 24.3 Å². The Morgan fingerprint density at radius 3 is 2.72 bits per heavy atom. The second kappa shape index (κ2) is 8.39. The van der Waals surface area contributed by atoms with Crippen LogP contribution in [0.5, 0.6) is 0 Å². The van der Waals surface area contributed by atoms with E-state index in [4.69, 9.17) is 16.3 Å². The molecule has 0 aromatic heterocycles. The molecule has 2 aliphatic rings. The number of ether oxygens (including phenoxy) is 1. The fourth-order valence-electron chi connectivity index (χ4n) is 3.82. The number of benzene rings is 1. The van der Waals surface area contributed by atoms with Crippen molar-refractivity contribution in [1.29, 1.82) is 0 Å². The number of rotatable bonds is 4. The van der Waals surface area contributed by atoms with Crippen LogP contribution in [0.25, 0.3) is 0 Å². The fourth-order valence-corrected chi connectivity index (χ4v) is 4.00. The Morgan fingerprint density at radius 1 is 1.32 bits per heavy atom. The number of nitrogens with one attached hydrogen (secondary N) is 1. The van der Waals surface area contributed by atoms with Gasteiger partial charge >= 0.3 is 6.03 Å². The molecule has 6 heteroatoms. The van der Waals surface area contributed by atoms with E-state index in [1.807, 2.05) is 12.1 Å². The average Bonchev–Trinajstić information content (AvgIpc) is 2.65. The monoisotopic (exact) mass is 366 g/mol. The van der Waals surface area contributed by atoms with Crippen molar-refractivity contribution >= 4 is 23.3 Å². The summed E-state index contributed by atoms with van der Waals surface area (Å²) in [7, 11) is 0. The van der Waals surface area contributed by atoms with Gasteiger partial charge in [-0.2, -0.15) is 0 Å². The molecule has 0 saturated carbocycles. The third-order valence-corrected chi connectivity index (χ3v) is 5.83. The number of halogens is 1. The van der Waals surface area contributed by atoms with Crippen molar-refractivity contribution in [2.75, 3.05) is 31.6 Å². The minimum absolute atomic E-state index is 0.122. The van der Waals surface area contributed by atoms with Crippen LogP contribution in [0.3, 0.4) is 0 Å². The van der Waals surface area contributed by atoms with Crippen molar-refractivity contribution in [3.63, 3.8) is 0 Å². The molecule has 25 heavy (non-hydrogen) atoms. The Hall–Kier alpha value is -1.30. The summed E-state index contributed by atoms with van der Waals surface area (Å²) in [6.07, 6.45) is 6.18. The number of amides is 2. The largest absolute Gasteiger partial charge is 0.396 e. The zero-order valence-corrected chi connectivity index (χ0v) is 15.3. The third-order valence-electron chi connectivity index (χ3n) is 5.50. The van der Waals surface area contributed by atoms with Gasteiger partial charge in [-0.15, -0.1) is 0 Å². The number of hydrogen-bond donors (Lipinski definition) is 2. The smallest absolute Gasteiger partial charge is 0.321 e. The maximum Gasteiger partial charge on any atom is 0.321 e. The van der Waals surface area contributed by atoms with E-state index in [9.17, 15) is 9.90 Å². The molecule has 1 aromatic carbocycles. The number of para-hydroxylation sites is 1. The van der Waals surface area contributed by atoms with E-state index < -0.39 is 0 Å². The van der Waals surface area contributed by atoms with Gasteiger partial charge in [0, 0.05) is 26.3 Å². The molecular formula is C19H27ClN2O3. The molecule has 1 aromatic rings. The van der Waals surface area contributed by atoms with E-state index in [2.05, 4.69) is 5.32 Å². The van der Waals surface area contributed by atoms with Crippen LogP contribution in [-0.2, 0) is 4.74 Å². The van der Waals surface area contributed by atoms with Gasteiger partial charge in [-0.05, 0) is 56.1 Å². The fraction of sp³-hybridized carbons (Fsp3) is 0.632. The van der Waals surface area contributed by atoms with E-state index in [1.165, 1.54) is 6.42 Å². The lowest BCUT2D eigenvalue weighted by atomic mass is 9.74. The molecule has 2 saturated heterocycles. The molecule has 5 nitrogen and oxygen atoms in total. The topological polar surface area (TPSA) is 61.8 Å². The van der Waals surface area contributed by atoms with Crippen molar-refractivity contribution in [3.05, 3.63) is 29.3 Å². The number of urea groups is 1. The van der Waals surface area contributed by atoms with Gasteiger partial charge in [0.05, 0.1) is 16.8 Å². The minimum Gasteiger partial charge on any atom is -0.396 e. The van der Waals surface area contributed by atoms with Crippen molar-refractivity contribution in [2.24, 2.45) is 5.41 Å². The van der Waals surface area contributed by atoms with E-state index >= 15 is 0 Å². The summed E-state index contributed by atoms with van der Waals surface area (Å²) < 4.78 is 5.86. The maximum atomic E-state index is 12.5. The summed E-state index contributed by atoms with van der Waals surface area (Å²) >= 11 is 6.10. The van der Waals surface area contributed by atoms with E-state index in [1.54, 1.807) is 17.0 Å². The quantitative estimate of drug-likeness (QED) is 0.849. The first-order valence-corrected chi connectivity index (χ1v) is 9.53. The molecule has 0 radical (unpaired) electrons. The van der Waals surface area contributed by atoms with Crippen LogP contribution < -0.4 is 5.32 Å². The molecule has 1 atom stereocenters. The lowest BCUT2D eigenvalue weighted by Gasteiger charge is -2.43. The molecule has 2 amide bonds. The molecule has 0 bridgehead atoms. The Morgan fingerprint density at radius 2 is 2.08 bits per heavy atom. The predicted molar refractivity (Wildman–Crippen MR) is 99.0 cm³/mol. The lowest BCUT2D eigenvalue weighted by Crippen LogP contribution is -2.47. The van der Waals surface area contributed by atoms with Crippen LogP contribution in [-0.4, -0.2) is 48.4 Å². The second-order valence-electron chi connectivity index (χ2n) is 7.25. The van der Waals surface area contributed by atoms with Gasteiger partial charge in [0.15, 0.2) is 0 Å². The third kappa shape index (κ3) is 4.66. The van der Waals surface area contributed by atoms with Gasteiger partial charge in [-0.3, -0.25) is 0 Å². The summed E-state index contributed by atoms with van der Waals surface area (Å²) in [5.41, 5.74) is 0.507. The maximum absolute atomic E-state index is 12.5. The molecular weight excluding hydrogens is 340 g/mol. The molecule has 2 fully saturated rings. The Labute approximate surface area is 154 Å². The highest BCUT2D eigenvalue weighted by Gasteiger charge is 2.38. The van der Waals surface area contributed by atoms with Crippen LogP contribution in [0, 0.1) is 5.41 Å². The molecule has 2 heterocycles. The number of aliphatic hydroxyl groups excluding tert-OH is 1. The minimum atomic E-state index is -0.131. The highest BCUT2D eigenvalue weighted by molar-refractivity contribution is 6.33. The highest BCUT2D eigenvalue weighted by atomic mass is 35.5. The van der Waals surface area contributed by atoms with Gasteiger partial charge < -0.3 is 20.1 Å². The molecule has 3 rings (SSSR count). The van der Waals surface area contributed by atoms with Crippen LogP contribution in [0.2, 0.25) is 5.02 Å². The van der Waals surface area contributed by atoms with Crippen LogP contribution >= 0.6 is 11.6 Å². The SMILES string of the molecule is O=C(Nc1ccccc1Cl)N1CCC(CO)(CC2CCCCO2)CC1. The average molecular weight is 367 g/mol. The van der Waals surface area contributed by atoms with Gasteiger partial charge in [0.2, 0.25) is 0 Å². The Balaban J connectivity index is 1.54. The van der Waals surface area contributed by atoms with E-state index in [0.29, 0.717) is 23.8 Å². The van der Waals surface area contributed by atoms with Crippen molar-refractivity contribution in [2.45, 2.75) is 44.6 Å². The predicted octanol–water partition coefficient (Wildman–Crippen LogP) is 3.91. The normalized spacial score (nSPS) is 23.3. The Bertz CT molecular complexity index is 582. The Kier molecular flexibility index (Phi) is 6.20. The molecule has 1 unspecified atom stereocenters. The summed E-state index contributed by atoms with van der Waals surface area (Å²) in [6, 6.07) is 7.10. The van der Waals surface area contributed by atoms with Gasteiger partial charge in [-0.1, -0.05) is 23.7 Å².